The van der Waals surface area contributed by atoms with Gasteiger partial charge in [-0.05, 0) is 49.4 Å². The fraction of sp³-hybridized carbons (Fsp3) is 0.529. The topological polar surface area (TPSA) is 81.2 Å². The number of nitrogens with one attached hydrogen (secondary N) is 2. The van der Waals surface area contributed by atoms with Crippen LogP contribution in [0, 0.1) is 5.92 Å². The zero-order chi connectivity index (χ0) is 16.9. The Balaban J connectivity index is 1.45. The van der Waals surface area contributed by atoms with Gasteiger partial charge in [0.15, 0.2) is 5.69 Å². The number of aromatic amines is 1. The molecule has 0 spiro atoms. The van der Waals surface area contributed by atoms with E-state index in [0.29, 0.717) is 12.2 Å². The Hall–Kier alpha value is -1.70. The van der Waals surface area contributed by atoms with E-state index < -0.39 is 6.10 Å². The Morgan fingerprint density at radius 2 is 2.33 bits per heavy atom. The molecule has 3 N–H and O–H groups in total. The van der Waals surface area contributed by atoms with E-state index >= 15 is 0 Å². The van der Waals surface area contributed by atoms with Crippen LogP contribution in [0.25, 0.3) is 10.6 Å². The summed E-state index contributed by atoms with van der Waals surface area (Å²) in [5.41, 5.74) is 1.18. The molecule has 24 heavy (non-hydrogen) atoms. The number of aromatic nitrogens is 2. The average Bonchev–Trinajstić information content (AvgIpc) is 3.25. The van der Waals surface area contributed by atoms with Crippen molar-refractivity contribution >= 4 is 17.2 Å². The van der Waals surface area contributed by atoms with E-state index in [9.17, 15) is 9.90 Å². The summed E-state index contributed by atoms with van der Waals surface area (Å²) < 4.78 is 0. The van der Waals surface area contributed by atoms with Crippen LogP contribution in [-0.4, -0.2) is 58.4 Å². The third-order valence-corrected chi connectivity index (χ3v) is 5.34. The van der Waals surface area contributed by atoms with Crippen molar-refractivity contribution < 1.29 is 9.90 Å². The van der Waals surface area contributed by atoms with Crippen LogP contribution in [0.3, 0.4) is 0 Å². The van der Waals surface area contributed by atoms with Crippen LogP contribution in [0.2, 0.25) is 0 Å². The highest BCUT2D eigenvalue weighted by Crippen LogP contribution is 2.22. The predicted octanol–water partition coefficient (Wildman–Crippen LogP) is 1.96. The Labute approximate surface area is 145 Å². The molecule has 1 aliphatic rings. The summed E-state index contributed by atoms with van der Waals surface area (Å²) in [6.07, 6.45) is 1.80. The molecule has 0 aliphatic carbocycles. The van der Waals surface area contributed by atoms with Crippen LogP contribution in [0.15, 0.2) is 23.6 Å². The number of hydrogen-bond donors (Lipinski definition) is 3. The normalized spacial score (nSPS) is 17.8. The molecular weight excluding hydrogens is 324 g/mol. The molecule has 1 unspecified atom stereocenters. The largest absolute Gasteiger partial charge is 0.390 e. The van der Waals surface area contributed by atoms with E-state index in [1.54, 1.807) is 17.4 Å². The Morgan fingerprint density at radius 1 is 1.54 bits per heavy atom. The monoisotopic (exact) mass is 348 g/mol. The zero-order valence-electron chi connectivity index (χ0n) is 13.9. The molecule has 1 saturated heterocycles. The van der Waals surface area contributed by atoms with Crippen LogP contribution in [0.4, 0.5) is 0 Å². The highest BCUT2D eigenvalue weighted by atomic mass is 32.1. The van der Waals surface area contributed by atoms with Gasteiger partial charge in [-0.25, -0.2) is 0 Å². The SMILES string of the molecule is CC1CCN(CC(O)CNC(=O)c2cc(-c3cccs3)[nH]n2)CC1. The first-order valence-corrected chi connectivity index (χ1v) is 9.27. The summed E-state index contributed by atoms with van der Waals surface area (Å²) in [6, 6.07) is 5.67. The van der Waals surface area contributed by atoms with Gasteiger partial charge in [0.1, 0.15) is 0 Å². The van der Waals surface area contributed by atoms with E-state index in [2.05, 4.69) is 27.3 Å². The van der Waals surface area contributed by atoms with Gasteiger partial charge in [0.25, 0.3) is 5.91 Å². The second-order valence-corrected chi connectivity index (χ2v) is 7.44. The van der Waals surface area contributed by atoms with E-state index in [0.717, 1.165) is 29.6 Å². The minimum Gasteiger partial charge on any atom is -0.390 e. The summed E-state index contributed by atoms with van der Waals surface area (Å²) in [4.78, 5) is 15.5. The summed E-state index contributed by atoms with van der Waals surface area (Å²) >= 11 is 1.59. The fourth-order valence-corrected chi connectivity index (χ4v) is 3.60. The lowest BCUT2D eigenvalue weighted by atomic mass is 9.99. The molecule has 2 aromatic heterocycles. The van der Waals surface area contributed by atoms with Crippen molar-refractivity contribution in [3.63, 3.8) is 0 Å². The predicted molar refractivity (Wildman–Crippen MR) is 95.1 cm³/mol. The molecule has 1 amide bonds. The number of β-amino-alcohol motifs (C(OH)–C–C–N with tert-alkyl or cyclic N) is 1. The van der Waals surface area contributed by atoms with Crippen LogP contribution >= 0.6 is 11.3 Å². The van der Waals surface area contributed by atoms with Crippen molar-refractivity contribution in [2.45, 2.75) is 25.9 Å². The fourth-order valence-electron chi connectivity index (χ4n) is 2.90. The smallest absolute Gasteiger partial charge is 0.271 e. The number of nitrogens with zero attached hydrogens (tertiary/aromatic N) is 2. The van der Waals surface area contributed by atoms with Gasteiger partial charge >= 0.3 is 0 Å². The Kier molecular flexibility index (Phi) is 5.65. The molecule has 3 heterocycles. The second-order valence-electron chi connectivity index (χ2n) is 6.49. The molecule has 3 rings (SSSR count). The number of piperidine rings is 1. The number of aliphatic hydroxyl groups excluding tert-OH is 1. The molecule has 2 aromatic rings. The van der Waals surface area contributed by atoms with Crippen LogP contribution < -0.4 is 5.32 Å². The van der Waals surface area contributed by atoms with Gasteiger partial charge in [0.2, 0.25) is 0 Å². The number of carbonyl (C=O) groups excluding carboxylic acids is 1. The quantitative estimate of drug-likeness (QED) is 0.745. The van der Waals surface area contributed by atoms with Gasteiger partial charge in [-0.2, -0.15) is 5.10 Å². The Bertz CT molecular complexity index is 647. The molecule has 0 radical (unpaired) electrons. The molecule has 0 saturated carbocycles. The first-order chi connectivity index (χ1) is 11.6. The lowest BCUT2D eigenvalue weighted by Crippen LogP contribution is -2.43. The van der Waals surface area contributed by atoms with Crippen molar-refractivity contribution in [3.05, 3.63) is 29.3 Å². The molecule has 130 valence electrons. The minimum atomic E-state index is -0.557. The van der Waals surface area contributed by atoms with E-state index in [1.807, 2.05) is 17.5 Å². The number of hydrogen-bond acceptors (Lipinski definition) is 5. The average molecular weight is 348 g/mol. The van der Waals surface area contributed by atoms with Gasteiger partial charge in [-0.3, -0.25) is 9.89 Å². The van der Waals surface area contributed by atoms with Crippen molar-refractivity contribution in [1.82, 2.24) is 20.4 Å². The van der Waals surface area contributed by atoms with Gasteiger partial charge in [0, 0.05) is 13.1 Å². The molecule has 1 fully saturated rings. The lowest BCUT2D eigenvalue weighted by Gasteiger charge is -2.31. The maximum atomic E-state index is 12.2. The van der Waals surface area contributed by atoms with E-state index in [1.165, 1.54) is 12.8 Å². The number of rotatable bonds is 6. The lowest BCUT2D eigenvalue weighted by molar-refractivity contribution is 0.0792. The first kappa shape index (κ1) is 17.1. The van der Waals surface area contributed by atoms with Crippen LogP contribution in [0.1, 0.15) is 30.3 Å². The number of likely N-dealkylation sites (tertiary alicyclic amines) is 1. The number of carbonyl (C=O) groups is 1. The maximum absolute atomic E-state index is 12.2. The summed E-state index contributed by atoms with van der Waals surface area (Å²) in [7, 11) is 0. The molecular formula is C17H24N4O2S. The highest BCUT2D eigenvalue weighted by molar-refractivity contribution is 7.13. The van der Waals surface area contributed by atoms with Gasteiger partial charge in [-0.15, -0.1) is 11.3 Å². The van der Waals surface area contributed by atoms with Crippen molar-refractivity contribution in [2.75, 3.05) is 26.2 Å². The number of aliphatic hydroxyl groups is 1. The third kappa shape index (κ3) is 4.43. The van der Waals surface area contributed by atoms with Gasteiger partial charge in [-0.1, -0.05) is 13.0 Å². The standard InChI is InChI=1S/C17H24N4O2S/c1-12-4-6-21(7-5-12)11-13(22)10-18-17(23)15-9-14(19-20-15)16-3-2-8-24-16/h2-3,8-9,12-13,22H,4-7,10-11H2,1H3,(H,18,23)(H,19,20). The number of thiophene rings is 1. The third-order valence-electron chi connectivity index (χ3n) is 4.44. The van der Waals surface area contributed by atoms with Crippen molar-refractivity contribution in [1.29, 1.82) is 0 Å². The number of H-pyrrole nitrogens is 1. The van der Waals surface area contributed by atoms with Gasteiger partial charge in [0.05, 0.1) is 16.7 Å². The molecule has 6 nitrogen and oxygen atoms in total. The summed E-state index contributed by atoms with van der Waals surface area (Å²) in [5.74, 6) is 0.510. The second kappa shape index (κ2) is 7.92. The highest BCUT2D eigenvalue weighted by Gasteiger charge is 2.19. The molecule has 7 heteroatoms. The van der Waals surface area contributed by atoms with Crippen LogP contribution in [-0.2, 0) is 0 Å². The minimum absolute atomic E-state index is 0.242. The first-order valence-electron chi connectivity index (χ1n) is 8.39. The molecule has 1 aliphatic heterocycles. The molecule has 0 bridgehead atoms. The summed E-state index contributed by atoms with van der Waals surface area (Å²) in [6.45, 7) is 5.16. The zero-order valence-corrected chi connectivity index (χ0v) is 14.7. The van der Waals surface area contributed by atoms with Gasteiger partial charge < -0.3 is 15.3 Å². The molecule has 1 atom stereocenters. The Morgan fingerprint density at radius 3 is 3.04 bits per heavy atom. The van der Waals surface area contributed by atoms with Crippen molar-refractivity contribution in [2.24, 2.45) is 5.92 Å². The van der Waals surface area contributed by atoms with E-state index in [4.69, 9.17) is 0 Å². The molecule has 0 aromatic carbocycles. The number of amides is 1. The maximum Gasteiger partial charge on any atom is 0.271 e. The van der Waals surface area contributed by atoms with Crippen molar-refractivity contribution in [3.8, 4) is 10.6 Å². The van der Waals surface area contributed by atoms with Crippen LogP contribution in [0.5, 0.6) is 0 Å². The van der Waals surface area contributed by atoms with E-state index in [-0.39, 0.29) is 12.5 Å². The summed E-state index contributed by atoms with van der Waals surface area (Å²) in [5, 5.41) is 21.8.